The van der Waals surface area contributed by atoms with Crippen LogP contribution >= 0.6 is 11.8 Å². The lowest BCUT2D eigenvalue weighted by Gasteiger charge is -2.26. The van der Waals surface area contributed by atoms with Gasteiger partial charge in [-0.15, -0.1) is 11.8 Å². The number of carbonyl (C=O) groups is 2. The van der Waals surface area contributed by atoms with E-state index in [0.29, 0.717) is 6.42 Å². The van der Waals surface area contributed by atoms with E-state index in [1.807, 2.05) is 6.92 Å². The summed E-state index contributed by atoms with van der Waals surface area (Å²) in [6.45, 7) is 3.74. The van der Waals surface area contributed by atoms with Gasteiger partial charge < -0.3 is 9.84 Å². The molecule has 9 heteroatoms. The Morgan fingerprint density at radius 3 is 2.57 bits per heavy atom. The Morgan fingerprint density at radius 1 is 1.38 bits per heavy atom. The van der Waals surface area contributed by atoms with E-state index in [2.05, 4.69) is 0 Å². The molecule has 0 aromatic carbocycles. The first-order valence-corrected chi connectivity index (χ1v) is 9.50. The standard InChI is InChI=1S/C12H21NO6S2/c1-3-5-10-13(9(8-20-10)12(15)16)21(17,18)7-6-11(14)19-4-2/h9-10H,3-8H2,1-2H3,(H,15,16). The Kier molecular flexibility index (Phi) is 6.95. The fourth-order valence-electron chi connectivity index (χ4n) is 2.11. The average molecular weight is 339 g/mol. The lowest BCUT2D eigenvalue weighted by molar-refractivity contribution is -0.142. The van der Waals surface area contributed by atoms with Crippen molar-refractivity contribution in [1.82, 2.24) is 4.31 Å². The van der Waals surface area contributed by atoms with Crippen LogP contribution in [0.1, 0.15) is 33.1 Å². The van der Waals surface area contributed by atoms with Crippen LogP contribution in [0.4, 0.5) is 0 Å². The van der Waals surface area contributed by atoms with Crippen LogP contribution < -0.4 is 0 Å². The number of carboxylic acid groups (broad SMARTS) is 1. The minimum Gasteiger partial charge on any atom is -0.480 e. The summed E-state index contributed by atoms with van der Waals surface area (Å²) in [5.41, 5.74) is 0. The van der Waals surface area contributed by atoms with Gasteiger partial charge in [-0.05, 0) is 13.3 Å². The molecule has 1 aliphatic rings. The highest BCUT2D eigenvalue weighted by Crippen LogP contribution is 2.35. The minimum atomic E-state index is -3.81. The molecule has 1 aliphatic heterocycles. The van der Waals surface area contributed by atoms with Gasteiger partial charge in [0.15, 0.2) is 0 Å². The molecule has 1 rings (SSSR count). The lowest BCUT2D eigenvalue weighted by Crippen LogP contribution is -2.46. The monoisotopic (exact) mass is 339 g/mol. The smallest absolute Gasteiger partial charge is 0.322 e. The van der Waals surface area contributed by atoms with Gasteiger partial charge in [-0.3, -0.25) is 9.59 Å². The van der Waals surface area contributed by atoms with Gasteiger partial charge in [0.25, 0.3) is 0 Å². The van der Waals surface area contributed by atoms with E-state index >= 15 is 0 Å². The quantitative estimate of drug-likeness (QED) is 0.656. The maximum Gasteiger partial charge on any atom is 0.322 e. The SMILES string of the molecule is CCCC1SCC(C(=O)O)N1S(=O)(=O)CCC(=O)OCC. The molecule has 0 amide bonds. The van der Waals surface area contributed by atoms with Crippen LogP contribution in [-0.4, -0.2) is 59.3 Å². The fourth-order valence-corrected chi connectivity index (χ4v) is 5.84. The molecule has 1 fully saturated rings. The predicted octanol–water partition coefficient (Wildman–Crippen LogP) is 0.898. The van der Waals surface area contributed by atoms with Crippen LogP contribution in [0.5, 0.6) is 0 Å². The zero-order chi connectivity index (χ0) is 16.0. The van der Waals surface area contributed by atoms with Crippen molar-refractivity contribution in [3.8, 4) is 0 Å². The van der Waals surface area contributed by atoms with Crippen LogP contribution in [-0.2, 0) is 24.3 Å². The van der Waals surface area contributed by atoms with Crippen molar-refractivity contribution in [2.45, 2.75) is 44.5 Å². The second kappa shape index (κ2) is 8.00. The number of sulfonamides is 1. The molecule has 2 atom stereocenters. The second-order valence-electron chi connectivity index (χ2n) is 4.63. The maximum atomic E-state index is 12.4. The summed E-state index contributed by atoms with van der Waals surface area (Å²) in [5, 5.41) is 8.81. The Morgan fingerprint density at radius 2 is 2.05 bits per heavy atom. The van der Waals surface area contributed by atoms with Crippen LogP contribution in [0, 0.1) is 0 Å². The van der Waals surface area contributed by atoms with Gasteiger partial charge in [-0.2, -0.15) is 4.31 Å². The second-order valence-corrected chi connectivity index (χ2v) is 7.84. The zero-order valence-electron chi connectivity index (χ0n) is 12.1. The number of esters is 1. The summed E-state index contributed by atoms with van der Waals surface area (Å²) < 4.78 is 30.5. The molecule has 122 valence electrons. The van der Waals surface area contributed by atoms with Crippen molar-refractivity contribution in [1.29, 1.82) is 0 Å². The normalized spacial score (nSPS) is 23.1. The molecule has 1 N–H and O–H groups in total. The number of hydrogen-bond donors (Lipinski definition) is 1. The molecule has 2 unspecified atom stereocenters. The number of ether oxygens (including phenoxy) is 1. The van der Waals surface area contributed by atoms with Crippen molar-refractivity contribution in [3.63, 3.8) is 0 Å². The van der Waals surface area contributed by atoms with Crippen LogP contribution in [0.15, 0.2) is 0 Å². The predicted molar refractivity (Wildman–Crippen MR) is 79.5 cm³/mol. The minimum absolute atomic E-state index is 0.189. The molecular weight excluding hydrogens is 318 g/mol. The number of aliphatic carboxylic acids is 1. The van der Waals surface area contributed by atoms with E-state index in [9.17, 15) is 23.1 Å². The van der Waals surface area contributed by atoms with E-state index in [1.165, 1.54) is 11.8 Å². The molecule has 1 saturated heterocycles. The van der Waals surface area contributed by atoms with Crippen LogP contribution in [0.2, 0.25) is 0 Å². The Balaban J connectivity index is 2.84. The molecule has 0 spiro atoms. The molecule has 0 radical (unpaired) electrons. The fraction of sp³-hybridized carbons (Fsp3) is 0.833. The largest absolute Gasteiger partial charge is 0.480 e. The third-order valence-electron chi connectivity index (χ3n) is 3.05. The molecular formula is C12H21NO6S2. The molecule has 1 heterocycles. The Hall–Kier alpha value is -0.800. The highest BCUT2D eigenvalue weighted by molar-refractivity contribution is 8.01. The van der Waals surface area contributed by atoms with Crippen molar-refractivity contribution < 1.29 is 27.9 Å². The van der Waals surface area contributed by atoms with E-state index in [4.69, 9.17) is 4.74 Å². The first-order chi connectivity index (χ1) is 9.83. The molecule has 0 bridgehead atoms. The van der Waals surface area contributed by atoms with E-state index in [1.54, 1.807) is 6.92 Å². The Bertz CT molecular complexity index is 478. The molecule has 0 aliphatic carbocycles. The number of carbonyl (C=O) groups excluding carboxylic acids is 1. The first kappa shape index (κ1) is 18.2. The van der Waals surface area contributed by atoms with E-state index < -0.39 is 33.8 Å². The molecule has 0 aromatic rings. The zero-order valence-corrected chi connectivity index (χ0v) is 13.8. The highest BCUT2D eigenvalue weighted by Gasteiger charge is 2.45. The van der Waals surface area contributed by atoms with Crippen molar-refractivity contribution in [2.24, 2.45) is 0 Å². The third-order valence-corrected chi connectivity index (χ3v) is 6.41. The van der Waals surface area contributed by atoms with Gasteiger partial charge in [0.2, 0.25) is 10.0 Å². The highest BCUT2D eigenvalue weighted by atomic mass is 32.2. The van der Waals surface area contributed by atoms with Crippen molar-refractivity contribution in [2.75, 3.05) is 18.1 Å². The summed E-state index contributed by atoms with van der Waals surface area (Å²) in [5.74, 6) is -1.93. The topological polar surface area (TPSA) is 101 Å². The van der Waals surface area contributed by atoms with Gasteiger partial charge >= 0.3 is 11.9 Å². The van der Waals surface area contributed by atoms with Crippen molar-refractivity contribution in [3.05, 3.63) is 0 Å². The van der Waals surface area contributed by atoms with E-state index in [-0.39, 0.29) is 24.2 Å². The van der Waals surface area contributed by atoms with Gasteiger partial charge in [0.05, 0.1) is 24.2 Å². The summed E-state index contributed by atoms with van der Waals surface area (Å²) in [7, 11) is -3.81. The van der Waals surface area contributed by atoms with Gasteiger partial charge in [-0.1, -0.05) is 13.3 Å². The number of hydrogen-bond acceptors (Lipinski definition) is 6. The third kappa shape index (κ3) is 4.86. The maximum absolute atomic E-state index is 12.4. The number of thioether (sulfide) groups is 1. The lowest BCUT2D eigenvalue weighted by atomic mass is 10.3. The van der Waals surface area contributed by atoms with E-state index in [0.717, 1.165) is 10.7 Å². The number of rotatable bonds is 8. The number of nitrogens with zero attached hydrogens (tertiary/aromatic N) is 1. The van der Waals surface area contributed by atoms with Gasteiger partial charge in [0, 0.05) is 5.75 Å². The number of carboxylic acids is 1. The Labute approximate surface area is 129 Å². The molecule has 0 saturated carbocycles. The molecule has 21 heavy (non-hydrogen) atoms. The molecule has 7 nitrogen and oxygen atoms in total. The average Bonchev–Trinajstić information content (AvgIpc) is 2.82. The molecule has 0 aromatic heterocycles. The van der Waals surface area contributed by atoms with Gasteiger partial charge in [-0.25, -0.2) is 8.42 Å². The van der Waals surface area contributed by atoms with Crippen molar-refractivity contribution >= 4 is 33.7 Å². The van der Waals surface area contributed by atoms with Crippen LogP contribution in [0.3, 0.4) is 0 Å². The summed E-state index contributed by atoms with van der Waals surface area (Å²) >= 11 is 1.33. The summed E-state index contributed by atoms with van der Waals surface area (Å²) in [4.78, 5) is 22.5. The summed E-state index contributed by atoms with van der Waals surface area (Å²) in [6, 6.07) is -1.06. The summed E-state index contributed by atoms with van der Waals surface area (Å²) in [6.07, 6.45) is 1.09. The van der Waals surface area contributed by atoms with Crippen LogP contribution in [0.25, 0.3) is 0 Å². The van der Waals surface area contributed by atoms with Gasteiger partial charge in [0.1, 0.15) is 6.04 Å². The first-order valence-electron chi connectivity index (χ1n) is 6.84.